The predicted molar refractivity (Wildman–Crippen MR) is 103 cm³/mol. The standard InChI is InChI=1S/C21H30BrN/c1-17(19-10-7-11-20(22)15-19)16-23-13-6-5-12-21(23)14-18-8-3-2-4-9-18/h7,10-11,15-16,18,21H,2-6,8-9,12-14H2,1H3/b17-16-. The summed E-state index contributed by atoms with van der Waals surface area (Å²) in [7, 11) is 0. The van der Waals surface area contributed by atoms with Crippen molar-refractivity contribution in [1.29, 1.82) is 0 Å². The van der Waals surface area contributed by atoms with E-state index in [9.17, 15) is 0 Å². The summed E-state index contributed by atoms with van der Waals surface area (Å²) in [5, 5.41) is 0. The van der Waals surface area contributed by atoms with E-state index in [4.69, 9.17) is 0 Å². The third-order valence-electron chi connectivity index (χ3n) is 5.64. The molecule has 0 N–H and O–H groups in total. The Hall–Kier alpha value is -0.760. The number of halogens is 1. The van der Waals surface area contributed by atoms with E-state index < -0.39 is 0 Å². The van der Waals surface area contributed by atoms with Crippen LogP contribution < -0.4 is 0 Å². The van der Waals surface area contributed by atoms with Crippen molar-refractivity contribution in [3.05, 3.63) is 40.5 Å². The van der Waals surface area contributed by atoms with E-state index in [1.165, 1.54) is 79.9 Å². The van der Waals surface area contributed by atoms with Crippen molar-refractivity contribution < 1.29 is 0 Å². The number of allylic oxidation sites excluding steroid dienone is 1. The Kier molecular flexibility index (Phi) is 6.21. The van der Waals surface area contributed by atoms with Crippen molar-refractivity contribution in [1.82, 2.24) is 4.90 Å². The molecule has 1 aromatic rings. The monoisotopic (exact) mass is 375 g/mol. The maximum absolute atomic E-state index is 3.59. The molecule has 1 aliphatic heterocycles. The fourth-order valence-electron chi connectivity index (χ4n) is 4.31. The molecule has 1 saturated heterocycles. The Balaban J connectivity index is 1.68. The van der Waals surface area contributed by atoms with Crippen molar-refractivity contribution in [3.63, 3.8) is 0 Å². The van der Waals surface area contributed by atoms with Crippen molar-refractivity contribution in [2.75, 3.05) is 6.54 Å². The normalized spacial score (nSPS) is 24.0. The first-order valence-electron chi connectivity index (χ1n) is 9.42. The molecule has 0 radical (unpaired) electrons. The van der Waals surface area contributed by atoms with Gasteiger partial charge in [0.1, 0.15) is 0 Å². The van der Waals surface area contributed by atoms with Crippen LogP contribution in [0, 0.1) is 5.92 Å². The lowest BCUT2D eigenvalue weighted by molar-refractivity contribution is 0.166. The molecule has 2 heteroatoms. The van der Waals surface area contributed by atoms with Crippen molar-refractivity contribution in [2.24, 2.45) is 5.92 Å². The topological polar surface area (TPSA) is 3.24 Å². The number of benzene rings is 1. The third-order valence-corrected chi connectivity index (χ3v) is 6.14. The molecule has 2 fully saturated rings. The summed E-state index contributed by atoms with van der Waals surface area (Å²) in [6.07, 6.45) is 15.3. The molecule has 0 bridgehead atoms. The molecule has 1 atom stereocenters. The third kappa shape index (κ3) is 4.86. The van der Waals surface area contributed by atoms with Crippen LogP contribution in [0.3, 0.4) is 0 Å². The smallest absolute Gasteiger partial charge is 0.0287 e. The maximum Gasteiger partial charge on any atom is 0.0287 e. The molecule has 1 nitrogen and oxygen atoms in total. The fourth-order valence-corrected chi connectivity index (χ4v) is 4.71. The zero-order chi connectivity index (χ0) is 16.1. The minimum Gasteiger partial charge on any atom is -0.374 e. The van der Waals surface area contributed by atoms with E-state index >= 15 is 0 Å². The minimum atomic E-state index is 0.772. The summed E-state index contributed by atoms with van der Waals surface area (Å²) in [5.41, 5.74) is 2.73. The van der Waals surface area contributed by atoms with Gasteiger partial charge in [-0.1, -0.05) is 60.2 Å². The van der Waals surface area contributed by atoms with Crippen LogP contribution >= 0.6 is 15.9 Å². The Bertz CT molecular complexity index is 530. The van der Waals surface area contributed by atoms with Gasteiger partial charge >= 0.3 is 0 Å². The van der Waals surface area contributed by atoms with Gasteiger partial charge in [-0.25, -0.2) is 0 Å². The van der Waals surface area contributed by atoms with E-state index in [0.717, 1.165) is 12.0 Å². The number of likely N-dealkylation sites (tertiary alicyclic amines) is 1. The van der Waals surface area contributed by atoms with Crippen molar-refractivity contribution in [3.8, 4) is 0 Å². The largest absolute Gasteiger partial charge is 0.374 e. The first kappa shape index (κ1) is 17.1. The molecular formula is C21H30BrN. The second-order valence-corrected chi connectivity index (χ2v) is 8.37. The van der Waals surface area contributed by atoms with Gasteiger partial charge in [0, 0.05) is 23.3 Å². The molecule has 1 aromatic carbocycles. The molecule has 0 spiro atoms. The molecule has 126 valence electrons. The number of rotatable bonds is 4. The Morgan fingerprint density at radius 3 is 2.70 bits per heavy atom. The summed E-state index contributed by atoms with van der Waals surface area (Å²) in [4.78, 5) is 2.66. The number of piperidine rings is 1. The first-order chi connectivity index (χ1) is 11.2. The average molecular weight is 376 g/mol. The SMILES string of the molecule is C/C(=C/N1CCCCC1CC1CCCCC1)c1cccc(Br)c1. The number of nitrogens with zero attached hydrogens (tertiary/aromatic N) is 1. The molecule has 1 saturated carbocycles. The number of hydrogen-bond acceptors (Lipinski definition) is 1. The molecule has 23 heavy (non-hydrogen) atoms. The summed E-state index contributed by atoms with van der Waals surface area (Å²) < 4.78 is 1.17. The van der Waals surface area contributed by atoms with Gasteiger partial charge in [0.15, 0.2) is 0 Å². The van der Waals surface area contributed by atoms with Gasteiger partial charge in [0.05, 0.1) is 0 Å². The van der Waals surface area contributed by atoms with Gasteiger partial charge in [-0.2, -0.15) is 0 Å². The van der Waals surface area contributed by atoms with Crippen LogP contribution in [-0.2, 0) is 0 Å². The molecule has 1 aliphatic carbocycles. The van der Waals surface area contributed by atoms with Crippen molar-refractivity contribution in [2.45, 2.75) is 70.8 Å². The predicted octanol–water partition coefficient (Wildman–Crippen LogP) is 6.63. The lowest BCUT2D eigenvalue weighted by Crippen LogP contribution is -2.37. The molecule has 0 aromatic heterocycles. The summed E-state index contributed by atoms with van der Waals surface area (Å²) in [6.45, 7) is 3.50. The summed E-state index contributed by atoms with van der Waals surface area (Å²) in [6, 6.07) is 9.45. The van der Waals surface area contributed by atoms with E-state index in [-0.39, 0.29) is 0 Å². The minimum absolute atomic E-state index is 0.772. The van der Waals surface area contributed by atoms with E-state index in [2.05, 4.69) is 58.2 Å². The van der Waals surface area contributed by atoms with E-state index in [1.807, 2.05) is 0 Å². The fraction of sp³-hybridized carbons (Fsp3) is 0.619. The van der Waals surface area contributed by atoms with Crippen LogP contribution in [0.15, 0.2) is 34.9 Å². The molecule has 0 amide bonds. The highest BCUT2D eigenvalue weighted by Crippen LogP contribution is 2.32. The van der Waals surface area contributed by atoms with Crippen LogP contribution in [0.5, 0.6) is 0 Å². The maximum atomic E-state index is 3.59. The molecular weight excluding hydrogens is 346 g/mol. The zero-order valence-corrected chi connectivity index (χ0v) is 16.0. The molecule has 3 rings (SSSR count). The highest BCUT2D eigenvalue weighted by atomic mass is 79.9. The van der Waals surface area contributed by atoms with Gasteiger partial charge in [-0.3, -0.25) is 0 Å². The number of hydrogen-bond donors (Lipinski definition) is 0. The second-order valence-electron chi connectivity index (χ2n) is 7.45. The Labute approximate surface area is 150 Å². The van der Waals surface area contributed by atoms with E-state index in [0.29, 0.717) is 0 Å². The summed E-state index contributed by atoms with van der Waals surface area (Å²) in [5.74, 6) is 0.980. The van der Waals surface area contributed by atoms with Gasteiger partial charge in [0.2, 0.25) is 0 Å². The molecule has 2 aliphatic rings. The van der Waals surface area contributed by atoms with Crippen LogP contribution in [0.4, 0.5) is 0 Å². The van der Waals surface area contributed by atoms with Gasteiger partial charge in [-0.15, -0.1) is 0 Å². The second kappa shape index (κ2) is 8.37. The first-order valence-corrected chi connectivity index (χ1v) is 10.2. The molecule has 1 unspecified atom stereocenters. The molecule has 1 heterocycles. The Morgan fingerprint density at radius 2 is 1.91 bits per heavy atom. The summed E-state index contributed by atoms with van der Waals surface area (Å²) >= 11 is 3.59. The van der Waals surface area contributed by atoms with Crippen LogP contribution in [0.25, 0.3) is 5.57 Å². The quantitative estimate of drug-likeness (QED) is 0.570. The van der Waals surface area contributed by atoms with E-state index in [1.54, 1.807) is 0 Å². The van der Waals surface area contributed by atoms with Gasteiger partial charge in [-0.05, 0) is 61.8 Å². The zero-order valence-electron chi connectivity index (χ0n) is 14.4. The highest BCUT2D eigenvalue weighted by molar-refractivity contribution is 9.10. The Morgan fingerprint density at radius 1 is 1.13 bits per heavy atom. The highest BCUT2D eigenvalue weighted by Gasteiger charge is 2.24. The van der Waals surface area contributed by atoms with Crippen LogP contribution in [0.2, 0.25) is 0 Å². The van der Waals surface area contributed by atoms with Gasteiger partial charge in [0.25, 0.3) is 0 Å². The van der Waals surface area contributed by atoms with Crippen LogP contribution in [-0.4, -0.2) is 17.5 Å². The van der Waals surface area contributed by atoms with Crippen molar-refractivity contribution >= 4 is 21.5 Å². The lowest BCUT2D eigenvalue weighted by Gasteiger charge is -2.38. The lowest BCUT2D eigenvalue weighted by atomic mass is 9.82. The van der Waals surface area contributed by atoms with Crippen LogP contribution in [0.1, 0.15) is 70.3 Å². The average Bonchev–Trinajstić information content (AvgIpc) is 2.57. The van der Waals surface area contributed by atoms with Gasteiger partial charge < -0.3 is 4.90 Å².